The monoisotopic (exact) mass is 315 g/mol. The zero-order chi connectivity index (χ0) is 16.3. The van der Waals surface area contributed by atoms with Gasteiger partial charge in [0, 0.05) is 45.4 Å². The zero-order valence-corrected chi connectivity index (χ0v) is 13.2. The van der Waals surface area contributed by atoms with Crippen molar-refractivity contribution >= 4 is 6.09 Å². The minimum atomic E-state index is -0.978. The molecule has 0 spiro atoms. The predicted octanol–water partition coefficient (Wildman–Crippen LogP) is 2.04. The van der Waals surface area contributed by atoms with Crippen LogP contribution < -0.4 is 0 Å². The van der Waals surface area contributed by atoms with Crippen LogP contribution >= 0.6 is 0 Å². The van der Waals surface area contributed by atoms with Gasteiger partial charge in [-0.2, -0.15) is 0 Å². The van der Waals surface area contributed by atoms with E-state index in [0.29, 0.717) is 31.8 Å². The van der Waals surface area contributed by atoms with Gasteiger partial charge >= 0.3 is 6.09 Å². The standard InChI is InChI=1S/C17H21N3O3/c1-19-12-9-18-15(19)17(22)7-10-20(11-8-17)16(21)23-13-14-5-3-2-4-6-14/h2-6,9,12,22H,7-8,10-11,13H2,1H3. The van der Waals surface area contributed by atoms with E-state index in [1.807, 2.05) is 48.1 Å². The molecule has 6 nitrogen and oxygen atoms in total. The molecule has 0 saturated carbocycles. The number of rotatable bonds is 3. The van der Waals surface area contributed by atoms with Crippen LogP contribution in [-0.2, 0) is 24.0 Å². The molecule has 1 aliphatic rings. The minimum absolute atomic E-state index is 0.264. The van der Waals surface area contributed by atoms with E-state index in [-0.39, 0.29) is 12.7 Å². The van der Waals surface area contributed by atoms with Crippen LogP contribution in [0, 0.1) is 0 Å². The largest absolute Gasteiger partial charge is 0.445 e. The Labute approximate surface area is 135 Å². The fraction of sp³-hybridized carbons (Fsp3) is 0.412. The Kier molecular flexibility index (Phi) is 4.34. The van der Waals surface area contributed by atoms with Crippen LogP contribution in [0.25, 0.3) is 0 Å². The molecule has 1 amide bonds. The molecular formula is C17H21N3O3. The number of piperidine rings is 1. The summed E-state index contributed by atoms with van der Waals surface area (Å²) < 4.78 is 7.16. The van der Waals surface area contributed by atoms with E-state index in [0.717, 1.165) is 5.56 Å². The first-order valence-corrected chi connectivity index (χ1v) is 7.74. The van der Waals surface area contributed by atoms with E-state index >= 15 is 0 Å². The van der Waals surface area contributed by atoms with Gasteiger partial charge in [0.25, 0.3) is 0 Å². The van der Waals surface area contributed by atoms with Gasteiger partial charge in [-0.05, 0) is 5.56 Å². The van der Waals surface area contributed by atoms with Gasteiger partial charge in [-0.3, -0.25) is 0 Å². The van der Waals surface area contributed by atoms with E-state index < -0.39 is 5.60 Å². The van der Waals surface area contributed by atoms with Crippen molar-refractivity contribution in [1.82, 2.24) is 14.5 Å². The highest BCUT2D eigenvalue weighted by atomic mass is 16.6. The minimum Gasteiger partial charge on any atom is -0.445 e. The number of ether oxygens (including phenoxy) is 1. The maximum atomic E-state index is 12.1. The van der Waals surface area contributed by atoms with E-state index in [1.165, 1.54) is 0 Å². The lowest BCUT2D eigenvalue weighted by Crippen LogP contribution is -2.46. The van der Waals surface area contributed by atoms with Crippen LogP contribution in [0.1, 0.15) is 24.2 Å². The number of likely N-dealkylation sites (tertiary alicyclic amines) is 1. The molecule has 1 saturated heterocycles. The molecule has 1 aromatic heterocycles. The fourth-order valence-electron chi connectivity index (χ4n) is 2.91. The van der Waals surface area contributed by atoms with Crippen molar-refractivity contribution in [2.24, 2.45) is 7.05 Å². The summed E-state index contributed by atoms with van der Waals surface area (Å²) in [5, 5.41) is 10.8. The van der Waals surface area contributed by atoms with Crippen LogP contribution in [0.4, 0.5) is 4.79 Å². The average Bonchev–Trinajstić information content (AvgIpc) is 3.01. The van der Waals surface area contributed by atoms with Gasteiger partial charge in [-0.15, -0.1) is 0 Å². The van der Waals surface area contributed by atoms with Gasteiger partial charge < -0.3 is 19.3 Å². The summed E-state index contributed by atoms with van der Waals surface area (Å²) >= 11 is 0. The summed E-state index contributed by atoms with van der Waals surface area (Å²) in [5.41, 5.74) is -0.0172. The molecule has 1 N–H and O–H groups in total. The van der Waals surface area contributed by atoms with Gasteiger partial charge in [-0.1, -0.05) is 30.3 Å². The molecule has 2 heterocycles. The molecule has 2 aromatic rings. The predicted molar refractivity (Wildman–Crippen MR) is 84.5 cm³/mol. The van der Waals surface area contributed by atoms with Gasteiger partial charge in [0.1, 0.15) is 18.0 Å². The van der Waals surface area contributed by atoms with Crippen LogP contribution in [0.15, 0.2) is 42.7 Å². The third-order valence-electron chi connectivity index (χ3n) is 4.29. The molecule has 23 heavy (non-hydrogen) atoms. The van der Waals surface area contributed by atoms with E-state index in [9.17, 15) is 9.90 Å². The van der Waals surface area contributed by atoms with Crippen molar-refractivity contribution < 1.29 is 14.6 Å². The van der Waals surface area contributed by atoms with Crippen LogP contribution in [-0.4, -0.2) is 38.7 Å². The van der Waals surface area contributed by atoms with Crippen molar-refractivity contribution in [2.45, 2.75) is 25.0 Å². The Hall–Kier alpha value is -2.34. The number of benzene rings is 1. The molecule has 3 rings (SSSR count). The molecule has 0 atom stereocenters. The van der Waals surface area contributed by atoms with Gasteiger partial charge in [0.2, 0.25) is 0 Å². The highest BCUT2D eigenvalue weighted by Crippen LogP contribution is 2.31. The second kappa shape index (κ2) is 6.42. The first-order valence-electron chi connectivity index (χ1n) is 7.74. The number of aliphatic hydroxyl groups is 1. The van der Waals surface area contributed by atoms with Crippen LogP contribution in [0.5, 0.6) is 0 Å². The van der Waals surface area contributed by atoms with E-state index in [4.69, 9.17) is 4.74 Å². The van der Waals surface area contributed by atoms with Gasteiger partial charge in [0.05, 0.1) is 0 Å². The van der Waals surface area contributed by atoms with Crippen molar-refractivity contribution in [3.63, 3.8) is 0 Å². The Balaban J connectivity index is 1.54. The number of aromatic nitrogens is 2. The Morgan fingerprint density at radius 1 is 1.30 bits per heavy atom. The smallest absolute Gasteiger partial charge is 0.410 e. The average molecular weight is 315 g/mol. The lowest BCUT2D eigenvalue weighted by atomic mass is 9.90. The zero-order valence-electron chi connectivity index (χ0n) is 13.2. The van der Waals surface area contributed by atoms with E-state index in [1.54, 1.807) is 11.1 Å². The number of hydrogen-bond acceptors (Lipinski definition) is 4. The maximum absolute atomic E-state index is 12.1. The van der Waals surface area contributed by atoms with Crippen LogP contribution in [0.2, 0.25) is 0 Å². The number of nitrogens with zero attached hydrogens (tertiary/aromatic N) is 3. The summed E-state index contributed by atoms with van der Waals surface area (Å²) in [6.45, 7) is 1.17. The summed E-state index contributed by atoms with van der Waals surface area (Å²) in [5.74, 6) is 0.648. The van der Waals surface area contributed by atoms with Crippen molar-refractivity contribution in [3.05, 3.63) is 54.1 Å². The Morgan fingerprint density at radius 2 is 2.00 bits per heavy atom. The number of carbonyl (C=O) groups is 1. The van der Waals surface area contributed by atoms with Crippen molar-refractivity contribution in [3.8, 4) is 0 Å². The second-order valence-electron chi connectivity index (χ2n) is 5.92. The number of amides is 1. The third-order valence-corrected chi connectivity index (χ3v) is 4.29. The molecule has 0 aliphatic carbocycles. The summed E-state index contributed by atoms with van der Waals surface area (Å²) in [6.07, 6.45) is 4.06. The fourth-order valence-corrected chi connectivity index (χ4v) is 2.91. The first kappa shape index (κ1) is 15.6. The quantitative estimate of drug-likeness (QED) is 0.941. The van der Waals surface area contributed by atoms with E-state index in [2.05, 4.69) is 4.98 Å². The van der Waals surface area contributed by atoms with Crippen molar-refractivity contribution in [2.75, 3.05) is 13.1 Å². The number of carbonyl (C=O) groups excluding carboxylic acids is 1. The molecule has 122 valence electrons. The molecule has 0 radical (unpaired) electrons. The lowest BCUT2D eigenvalue weighted by Gasteiger charge is -2.37. The topological polar surface area (TPSA) is 67.6 Å². The number of hydrogen-bond donors (Lipinski definition) is 1. The number of imidazole rings is 1. The highest BCUT2D eigenvalue weighted by Gasteiger charge is 2.38. The normalized spacial score (nSPS) is 17.0. The van der Waals surface area contributed by atoms with Gasteiger partial charge in [-0.25, -0.2) is 9.78 Å². The molecule has 6 heteroatoms. The van der Waals surface area contributed by atoms with Gasteiger partial charge in [0.15, 0.2) is 0 Å². The Morgan fingerprint density at radius 3 is 2.61 bits per heavy atom. The molecule has 1 fully saturated rings. The molecule has 0 unspecified atom stereocenters. The SMILES string of the molecule is Cn1ccnc1C1(O)CCN(C(=O)OCc2ccccc2)CC1. The summed E-state index contributed by atoms with van der Waals surface area (Å²) in [4.78, 5) is 18.0. The Bertz CT molecular complexity index is 661. The second-order valence-corrected chi connectivity index (χ2v) is 5.92. The maximum Gasteiger partial charge on any atom is 0.410 e. The number of aryl methyl sites for hydroxylation is 1. The summed E-state index contributed by atoms with van der Waals surface area (Å²) in [6, 6.07) is 9.59. The highest BCUT2D eigenvalue weighted by molar-refractivity contribution is 5.67. The lowest BCUT2D eigenvalue weighted by molar-refractivity contribution is -0.0338. The molecular weight excluding hydrogens is 294 g/mol. The molecule has 1 aromatic carbocycles. The van der Waals surface area contributed by atoms with Crippen molar-refractivity contribution in [1.29, 1.82) is 0 Å². The third kappa shape index (κ3) is 3.37. The first-order chi connectivity index (χ1) is 11.1. The molecule has 0 bridgehead atoms. The summed E-state index contributed by atoms with van der Waals surface area (Å²) in [7, 11) is 1.86. The molecule has 1 aliphatic heterocycles. The van der Waals surface area contributed by atoms with Crippen LogP contribution in [0.3, 0.4) is 0 Å².